The molecule has 0 bridgehead atoms. The number of methoxy groups -OCH3 is 1. The molecular weight excluding hydrogens is 280 g/mol. The maximum atomic E-state index is 11.1. The van der Waals surface area contributed by atoms with Crippen molar-refractivity contribution in [3.63, 3.8) is 0 Å². The third-order valence-electron chi connectivity index (χ3n) is 3.47. The summed E-state index contributed by atoms with van der Waals surface area (Å²) in [5.41, 5.74) is 1.82. The van der Waals surface area contributed by atoms with Crippen molar-refractivity contribution in [1.82, 2.24) is 0 Å². The minimum Gasteiger partial charge on any atom is -0.497 e. The number of nitrogens with zero attached hydrogens (tertiary/aromatic N) is 1. The van der Waals surface area contributed by atoms with Gasteiger partial charge in [-0.25, -0.2) is 0 Å². The van der Waals surface area contributed by atoms with Crippen LogP contribution in [0.4, 0.5) is 17.1 Å². The third-order valence-corrected chi connectivity index (χ3v) is 3.47. The zero-order chi connectivity index (χ0) is 15.5. The summed E-state index contributed by atoms with van der Waals surface area (Å²) in [6.07, 6.45) is 0. The number of hydrogen-bond donors (Lipinski definition) is 1. The standard InChI is InChI=1S/C17H14N2O3/c1-22-13-8-6-12(7-9-13)18-16-10-11-17(19(20)21)15-5-3-2-4-14(15)16/h2-11,18H,1H3. The molecule has 0 saturated carbocycles. The zero-order valence-electron chi connectivity index (χ0n) is 11.9. The molecule has 3 rings (SSSR count). The molecular formula is C17H14N2O3. The van der Waals surface area contributed by atoms with Crippen LogP contribution >= 0.6 is 0 Å². The van der Waals surface area contributed by atoms with Crippen molar-refractivity contribution in [1.29, 1.82) is 0 Å². The SMILES string of the molecule is COc1ccc(Nc2ccc([N+](=O)[O-])c3ccccc23)cc1. The molecule has 5 heteroatoms. The first-order chi connectivity index (χ1) is 10.7. The van der Waals surface area contributed by atoms with E-state index >= 15 is 0 Å². The largest absolute Gasteiger partial charge is 0.497 e. The summed E-state index contributed by atoms with van der Waals surface area (Å²) in [5, 5.41) is 15.8. The molecule has 3 aromatic rings. The highest BCUT2D eigenvalue weighted by Crippen LogP contribution is 2.33. The molecule has 0 heterocycles. The van der Waals surface area contributed by atoms with Crippen LogP contribution < -0.4 is 10.1 Å². The summed E-state index contributed by atoms with van der Waals surface area (Å²) in [6, 6.07) is 18.0. The summed E-state index contributed by atoms with van der Waals surface area (Å²) >= 11 is 0. The Bertz CT molecular complexity index is 829. The molecule has 0 amide bonds. The fourth-order valence-corrected chi connectivity index (χ4v) is 2.38. The average Bonchev–Trinajstić information content (AvgIpc) is 2.55. The maximum Gasteiger partial charge on any atom is 0.277 e. The number of hydrogen-bond acceptors (Lipinski definition) is 4. The molecule has 22 heavy (non-hydrogen) atoms. The Hall–Kier alpha value is -3.08. The summed E-state index contributed by atoms with van der Waals surface area (Å²) in [4.78, 5) is 10.8. The van der Waals surface area contributed by atoms with E-state index < -0.39 is 0 Å². The normalized spacial score (nSPS) is 10.4. The van der Waals surface area contributed by atoms with Crippen molar-refractivity contribution < 1.29 is 9.66 Å². The van der Waals surface area contributed by atoms with Crippen LogP contribution in [0.1, 0.15) is 0 Å². The summed E-state index contributed by atoms with van der Waals surface area (Å²) in [6.45, 7) is 0. The zero-order valence-corrected chi connectivity index (χ0v) is 11.9. The number of ether oxygens (including phenoxy) is 1. The lowest BCUT2D eigenvalue weighted by atomic mass is 10.1. The Morgan fingerprint density at radius 2 is 1.64 bits per heavy atom. The van der Waals surface area contributed by atoms with Gasteiger partial charge in [-0.2, -0.15) is 0 Å². The average molecular weight is 294 g/mol. The van der Waals surface area contributed by atoms with Crippen molar-refractivity contribution in [3.8, 4) is 5.75 Å². The number of non-ortho nitro benzene ring substituents is 1. The van der Waals surface area contributed by atoms with Crippen molar-refractivity contribution >= 4 is 27.8 Å². The fourth-order valence-electron chi connectivity index (χ4n) is 2.38. The third kappa shape index (κ3) is 2.56. The predicted molar refractivity (Wildman–Crippen MR) is 86.9 cm³/mol. The van der Waals surface area contributed by atoms with Crippen LogP contribution in [0.15, 0.2) is 60.7 Å². The van der Waals surface area contributed by atoms with Gasteiger partial charge in [0, 0.05) is 22.8 Å². The van der Waals surface area contributed by atoms with E-state index in [1.807, 2.05) is 36.4 Å². The second kappa shape index (κ2) is 5.73. The van der Waals surface area contributed by atoms with Crippen molar-refractivity contribution in [2.75, 3.05) is 12.4 Å². The van der Waals surface area contributed by atoms with E-state index in [2.05, 4.69) is 5.32 Å². The molecule has 0 unspecified atom stereocenters. The summed E-state index contributed by atoms with van der Waals surface area (Å²) in [5.74, 6) is 0.777. The van der Waals surface area contributed by atoms with E-state index in [1.165, 1.54) is 6.07 Å². The van der Waals surface area contributed by atoms with Gasteiger partial charge in [0.1, 0.15) is 5.75 Å². The molecule has 0 aromatic heterocycles. The van der Waals surface area contributed by atoms with E-state index in [-0.39, 0.29) is 10.6 Å². The minimum absolute atomic E-state index is 0.107. The lowest BCUT2D eigenvalue weighted by Gasteiger charge is -2.10. The van der Waals surface area contributed by atoms with Crippen LogP contribution in [0.25, 0.3) is 10.8 Å². The number of nitro groups is 1. The molecule has 0 spiro atoms. The Labute approximate surface area is 127 Å². The number of rotatable bonds is 4. The fraction of sp³-hybridized carbons (Fsp3) is 0.0588. The van der Waals surface area contributed by atoms with Gasteiger partial charge < -0.3 is 10.1 Å². The molecule has 0 radical (unpaired) electrons. The number of nitrogens with one attached hydrogen (secondary N) is 1. The topological polar surface area (TPSA) is 64.4 Å². The van der Waals surface area contributed by atoms with Gasteiger partial charge in [-0.1, -0.05) is 18.2 Å². The van der Waals surface area contributed by atoms with Crippen molar-refractivity contribution in [2.24, 2.45) is 0 Å². The first-order valence-electron chi connectivity index (χ1n) is 6.76. The van der Waals surface area contributed by atoms with Gasteiger partial charge in [0.25, 0.3) is 5.69 Å². The van der Waals surface area contributed by atoms with E-state index in [4.69, 9.17) is 4.74 Å². The van der Waals surface area contributed by atoms with Crippen LogP contribution in [0.5, 0.6) is 5.75 Å². The maximum absolute atomic E-state index is 11.1. The Kier molecular flexibility index (Phi) is 3.62. The van der Waals surface area contributed by atoms with Gasteiger partial charge in [0.2, 0.25) is 0 Å². The number of fused-ring (bicyclic) bond motifs is 1. The highest BCUT2D eigenvalue weighted by atomic mass is 16.6. The van der Waals surface area contributed by atoms with Gasteiger partial charge in [-0.05, 0) is 36.4 Å². The Morgan fingerprint density at radius 3 is 2.27 bits per heavy atom. The van der Waals surface area contributed by atoms with E-state index in [1.54, 1.807) is 25.3 Å². The van der Waals surface area contributed by atoms with Crippen molar-refractivity contribution in [3.05, 3.63) is 70.8 Å². The van der Waals surface area contributed by atoms with Gasteiger partial charge in [0.15, 0.2) is 0 Å². The van der Waals surface area contributed by atoms with Gasteiger partial charge in [-0.15, -0.1) is 0 Å². The van der Waals surface area contributed by atoms with Crippen LogP contribution in [-0.2, 0) is 0 Å². The van der Waals surface area contributed by atoms with E-state index in [0.717, 1.165) is 22.5 Å². The van der Waals surface area contributed by atoms with E-state index in [9.17, 15) is 10.1 Å². The van der Waals surface area contributed by atoms with Crippen molar-refractivity contribution in [2.45, 2.75) is 0 Å². The first-order valence-corrected chi connectivity index (χ1v) is 6.76. The monoisotopic (exact) mass is 294 g/mol. The first kappa shape index (κ1) is 13.9. The highest BCUT2D eigenvalue weighted by molar-refractivity contribution is 6.00. The highest BCUT2D eigenvalue weighted by Gasteiger charge is 2.13. The molecule has 0 atom stereocenters. The second-order valence-electron chi connectivity index (χ2n) is 4.79. The molecule has 0 fully saturated rings. The molecule has 3 aromatic carbocycles. The molecule has 1 N–H and O–H groups in total. The second-order valence-corrected chi connectivity index (χ2v) is 4.79. The number of nitro benzene ring substituents is 1. The molecule has 110 valence electrons. The number of benzene rings is 3. The predicted octanol–water partition coefficient (Wildman–Crippen LogP) is 4.50. The van der Waals surface area contributed by atoms with Gasteiger partial charge in [-0.3, -0.25) is 10.1 Å². The lowest BCUT2D eigenvalue weighted by molar-refractivity contribution is -0.383. The van der Waals surface area contributed by atoms with Gasteiger partial charge >= 0.3 is 0 Å². The Balaban J connectivity index is 2.03. The van der Waals surface area contributed by atoms with Gasteiger partial charge in [0.05, 0.1) is 17.4 Å². The molecule has 0 aliphatic heterocycles. The number of anilines is 2. The van der Waals surface area contributed by atoms with E-state index in [0.29, 0.717) is 5.39 Å². The molecule has 5 nitrogen and oxygen atoms in total. The minimum atomic E-state index is -0.362. The quantitative estimate of drug-likeness (QED) is 0.568. The Morgan fingerprint density at radius 1 is 0.955 bits per heavy atom. The molecule has 0 saturated heterocycles. The summed E-state index contributed by atoms with van der Waals surface area (Å²) in [7, 11) is 1.62. The van der Waals surface area contributed by atoms with Crippen LogP contribution in [-0.4, -0.2) is 12.0 Å². The van der Waals surface area contributed by atoms with Crippen LogP contribution in [0.3, 0.4) is 0 Å². The van der Waals surface area contributed by atoms with Crippen LogP contribution in [0, 0.1) is 10.1 Å². The lowest BCUT2D eigenvalue weighted by Crippen LogP contribution is -1.95. The van der Waals surface area contributed by atoms with Crippen LogP contribution in [0.2, 0.25) is 0 Å². The smallest absolute Gasteiger partial charge is 0.277 e. The molecule has 0 aliphatic carbocycles. The molecule has 0 aliphatic rings. The summed E-state index contributed by atoms with van der Waals surface area (Å²) < 4.78 is 5.13.